The van der Waals surface area contributed by atoms with E-state index in [1.807, 2.05) is 6.92 Å². The third-order valence-electron chi connectivity index (χ3n) is 1.85. The molecule has 0 aliphatic carbocycles. The molecule has 0 aliphatic heterocycles. The summed E-state index contributed by atoms with van der Waals surface area (Å²) in [5.41, 5.74) is 5.56. The Labute approximate surface area is 110 Å². The molecule has 0 aromatic carbocycles. The Morgan fingerprint density at radius 3 is 2.67 bits per heavy atom. The van der Waals surface area contributed by atoms with Crippen molar-refractivity contribution in [3.05, 3.63) is 10.6 Å². The summed E-state index contributed by atoms with van der Waals surface area (Å²) in [6, 6.07) is 0. The normalized spacial score (nSPS) is 11.1. The highest BCUT2D eigenvalue weighted by Gasteiger charge is 2.18. The molecule has 0 bridgehead atoms. The molecule has 1 amide bonds. The minimum absolute atomic E-state index is 0.0746. The van der Waals surface area contributed by atoms with Crippen LogP contribution in [0.1, 0.15) is 31.3 Å². The summed E-state index contributed by atoms with van der Waals surface area (Å²) in [5, 5.41) is 10.3. The van der Waals surface area contributed by atoms with E-state index >= 15 is 0 Å². The number of carbonyl (C=O) groups excluding carboxylic acids is 1. The number of nitrogens with two attached hydrogens (primary N) is 1. The number of carbonyl (C=O) groups is 1. The summed E-state index contributed by atoms with van der Waals surface area (Å²) in [7, 11) is 0. The molecule has 1 heterocycles. The van der Waals surface area contributed by atoms with Crippen LogP contribution in [0.15, 0.2) is 0 Å². The fraction of sp³-hybridized carbons (Fsp3) is 0.545. The molecule has 18 heavy (non-hydrogen) atoms. The number of hydrogen-bond donors (Lipinski definition) is 3. The summed E-state index contributed by atoms with van der Waals surface area (Å²) in [4.78, 5) is 16.6. The zero-order valence-corrected chi connectivity index (χ0v) is 11.8. The third kappa shape index (κ3) is 4.70. The van der Waals surface area contributed by atoms with Crippen molar-refractivity contribution in [2.24, 2.45) is 5.73 Å². The lowest BCUT2D eigenvalue weighted by Gasteiger charge is -2.18. The molecular formula is C11H18N4O2S. The van der Waals surface area contributed by atoms with E-state index in [1.165, 1.54) is 11.3 Å². The van der Waals surface area contributed by atoms with Gasteiger partial charge in [-0.1, -0.05) is 0 Å². The summed E-state index contributed by atoms with van der Waals surface area (Å²) >= 11 is 1.30. The molecule has 0 aliphatic rings. The van der Waals surface area contributed by atoms with Crippen LogP contribution in [0.5, 0.6) is 0 Å². The Morgan fingerprint density at radius 1 is 1.56 bits per heavy atom. The summed E-state index contributed by atoms with van der Waals surface area (Å²) < 4.78 is 5.12. The fourth-order valence-corrected chi connectivity index (χ4v) is 2.18. The van der Waals surface area contributed by atoms with Crippen LogP contribution in [0.2, 0.25) is 0 Å². The lowest BCUT2D eigenvalue weighted by Crippen LogP contribution is -2.27. The third-order valence-corrected chi connectivity index (χ3v) is 2.92. The molecule has 0 spiro atoms. The number of anilines is 1. The van der Waals surface area contributed by atoms with Crippen LogP contribution in [0.25, 0.3) is 0 Å². The van der Waals surface area contributed by atoms with Crippen LogP contribution in [0, 0.1) is 12.3 Å². The summed E-state index contributed by atoms with van der Waals surface area (Å²) in [6.45, 7) is 7.19. The minimum Gasteiger partial charge on any atom is -0.444 e. The van der Waals surface area contributed by atoms with E-state index in [2.05, 4.69) is 10.3 Å². The van der Waals surface area contributed by atoms with Crippen LogP contribution < -0.4 is 11.1 Å². The van der Waals surface area contributed by atoms with Crippen LogP contribution in [-0.4, -0.2) is 22.5 Å². The summed E-state index contributed by atoms with van der Waals surface area (Å²) in [6.07, 6.45) is -0.190. The first-order valence-corrected chi connectivity index (χ1v) is 6.28. The highest BCUT2D eigenvalue weighted by molar-refractivity contribution is 7.16. The number of aromatic nitrogens is 1. The number of ether oxygens (including phenoxy) is 1. The molecule has 1 rings (SSSR count). The van der Waals surface area contributed by atoms with Gasteiger partial charge in [-0.3, -0.25) is 10.7 Å². The van der Waals surface area contributed by atoms with E-state index < -0.39 is 11.7 Å². The van der Waals surface area contributed by atoms with E-state index in [9.17, 15) is 4.79 Å². The number of thiazole rings is 1. The molecule has 0 fully saturated rings. The van der Waals surface area contributed by atoms with Crippen LogP contribution in [-0.2, 0) is 11.2 Å². The Kier molecular flexibility index (Phi) is 4.28. The lowest BCUT2D eigenvalue weighted by atomic mass is 10.2. The SMILES string of the molecule is Cc1nc(NC(=O)OC(C)(C)C)sc1CC(=N)N. The van der Waals surface area contributed by atoms with Crippen molar-refractivity contribution in [2.75, 3.05) is 5.32 Å². The first-order chi connectivity index (χ1) is 8.17. The van der Waals surface area contributed by atoms with Gasteiger partial charge in [-0.05, 0) is 27.7 Å². The number of hydrogen-bond acceptors (Lipinski definition) is 5. The van der Waals surface area contributed by atoms with Crippen LogP contribution in [0.3, 0.4) is 0 Å². The van der Waals surface area contributed by atoms with Crippen LogP contribution >= 0.6 is 11.3 Å². The van der Waals surface area contributed by atoms with E-state index in [1.54, 1.807) is 20.8 Å². The standard InChI is InChI=1S/C11H18N4O2S/c1-6-7(5-8(12)13)18-9(14-6)15-10(16)17-11(2,3)4/h5H2,1-4H3,(H3,12,13)(H,14,15,16). The monoisotopic (exact) mass is 270 g/mol. The Hall–Kier alpha value is -1.63. The molecule has 0 radical (unpaired) electrons. The molecule has 4 N–H and O–H groups in total. The molecule has 7 heteroatoms. The first kappa shape index (κ1) is 14.4. The molecule has 0 saturated carbocycles. The Bertz CT molecular complexity index is 462. The van der Waals surface area contributed by atoms with Gasteiger partial charge in [0.15, 0.2) is 5.13 Å². The molecule has 100 valence electrons. The van der Waals surface area contributed by atoms with Crippen molar-refractivity contribution in [1.82, 2.24) is 4.98 Å². The van der Waals surface area contributed by atoms with Crippen molar-refractivity contribution in [3.63, 3.8) is 0 Å². The van der Waals surface area contributed by atoms with Gasteiger partial charge < -0.3 is 10.5 Å². The molecule has 0 atom stereocenters. The Balaban J connectivity index is 2.69. The zero-order valence-electron chi connectivity index (χ0n) is 11.0. The number of amides is 1. The lowest BCUT2D eigenvalue weighted by molar-refractivity contribution is 0.0636. The highest BCUT2D eigenvalue weighted by atomic mass is 32.1. The van der Waals surface area contributed by atoms with Crippen molar-refractivity contribution in [2.45, 2.75) is 39.7 Å². The average Bonchev–Trinajstić information content (AvgIpc) is 2.41. The minimum atomic E-state index is -0.543. The molecule has 0 saturated heterocycles. The van der Waals surface area contributed by atoms with Gasteiger partial charge in [0, 0.05) is 11.3 Å². The van der Waals surface area contributed by atoms with Crippen molar-refractivity contribution in [3.8, 4) is 0 Å². The molecule has 1 aromatic heterocycles. The van der Waals surface area contributed by atoms with Gasteiger partial charge in [0.1, 0.15) is 5.60 Å². The molecule has 1 aromatic rings. The van der Waals surface area contributed by atoms with E-state index in [0.29, 0.717) is 11.6 Å². The predicted octanol–water partition coefficient (Wildman–Crippen LogP) is 2.28. The van der Waals surface area contributed by atoms with Gasteiger partial charge in [-0.25, -0.2) is 9.78 Å². The van der Waals surface area contributed by atoms with Crippen molar-refractivity contribution >= 4 is 28.4 Å². The topological polar surface area (TPSA) is 101 Å². The van der Waals surface area contributed by atoms with E-state index in [-0.39, 0.29) is 5.84 Å². The maximum absolute atomic E-state index is 11.5. The maximum atomic E-state index is 11.5. The van der Waals surface area contributed by atoms with Gasteiger partial charge in [0.2, 0.25) is 0 Å². The molecule has 6 nitrogen and oxygen atoms in total. The number of amidine groups is 1. The summed E-state index contributed by atoms with van der Waals surface area (Å²) in [5.74, 6) is 0.0746. The maximum Gasteiger partial charge on any atom is 0.413 e. The predicted molar refractivity (Wildman–Crippen MR) is 72.3 cm³/mol. The van der Waals surface area contributed by atoms with Gasteiger partial charge in [-0.2, -0.15) is 0 Å². The molecular weight excluding hydrogens is 252 g/mol. The number of nitrogens with zero attached hydrogens (tertiary/aromatic N) is 1. The zero-order chi connectivity index (χ0) is 13.9. The number of rotatable bonds is 3. The van der Waals surface area contributed by atoms with E-state index in [0.717, 1.165) is 10.6 Å². The van der Waals surface area contributed by atoms with E-state index in [4.69, 9.17) is 15.9 Å². The largest absolute Gasteiger partial charge is 0.444 e. The smallest absolute Gasteiger partial charge is 0.413 e. The van der Waals surface area contributed by atoms with Crippen molar-refractivity contribution < 1.29 is 9.53 Å². The van der Waals surface area contributed by atoms with Gasteiger partial charge in [0.25, 0.3) is 0 Å². The van der Waals surface area contributed by atoms with Gasteiger partial charge >= 0.3 is 6.09 Å². The van der Waals surface area contributed by atoms with Crippen LogP contribution in [0.4, 0.5) is 9.93 Å². The second-order valence-corrected chi connectivity index (χ2v) is 5.94. The second kappa shape index (κ2) is 5.34. The first-order valence-electron chi connectivity index (χ1n) is 5.46. The quantitative estimate of drug-likeness (QED) is 0.579. The molecule has 0 unspecified atom stereocenters. The van der Waals surface area contributed by atoms with Gasteiger partial charge in [-0.15, -0.1) is 11.3 Å². The average molecular weight is 270 g/mol. The fourth-order valence-electron chi connectivity index (χ4n) is 1.21. The Morgan fingerprint density at radius 2 is 2.17 bits per heavy atom. The number of nitrogens with one attached hydrogen (secondary N) is 2. The number of aryl methyl sites for hydroxylation is 1. The highest BCUT2D eigenvalue weighted by Crippen LogP contribution is 2.23. The van der Waals surface area contributed by atoms with Gasteiger partial charge in [0.05, 0.1) is 11.5 Å². The second-order valence-electron chi connectivity index (χ2n) is 4.86. The van der Waals surface area contributed by atoms with Crippen molar-refractivity contribution in [1.29, 1.82) is 5.41 Å².